The number of nitrogens with one attached hydrogen (secondary N) is 1. The standard InChI is InChI=1S/C17H23N3O3/c1-11-12(2)23-17-15(11)16(18-10-19-17)22-9-14(21)20-13-7-5-3-4-6-8-13/h10,13H,3-9H2,1-2H3,(H,20,21). The molecule has 6 heteroatoms. The van der Waals surface area contributed by atoms with E-state index in [0.717, 1.165) is 29.6 Å². The molecule has 0 spiro atoms. The van der Waals surface area contributed by atoms with E-state index in [-0.39, 0.29) is 18.6 Å². The van der Waals surface area contributed by atoms with Crippen molar-refractivity contribution in [3.63, 3.8) is 0 Å². The summed E-state index contributed by atoms with van der Waals surface area (Å²) in [7, 11) is 0. The molecule has 0 saturated heterocycles. The second kappa shape index (κ2) is 6.98. The number of amides is 1. The number of aryl methyl sites for hydroxylation is 2. The Balaban J connectivity index is 1.62. The SMILES string of the molecule is Cc1oc2ncnc(OCC(=O)NC3CCCCCC3)c2c1C. The highest BCUT2D eigenvalue weighted by molar-refractivity contribution is 5.84. The number of nitrogens with zero attached hydrogens (tertiary/aromatic N) is 2. The highest BCUT2D eigenvalue weighted by Gasteiger charge is 2.18. The Morgan fingerprint density at radius 2 is 2.00 bits per heavy atom. The molecule has 0 atom stereocenters. The van der Waals surface area contributed by atoms with Crippen molar-refractivity contribution >= 4 is 17.0 Å². The predicted octanol–water partition coefficient (Wildman–Crippen LogP) is 3.06. The molecule has 1 aliphatic rings. The van der Waals surface area contributed by atoms with Crippen molar-refractivity contribution in [2.24, 2.45) is 0 Å². The van der Waals surface area contributed by atoms with E-state index in [1.807, 2.05) is 13.8 Å². The molecule has 2 aromatic heterocycles. The average molecular weight is 317 g/mol. The van der Waals surface area contributed by atoms with Gasteiger partial charge in [0, 0.05) is 11.6 Å². The van der Waals surface area contributed by atoms with Crippen LogP contribution in [-0.2, 0) is 4.79 Å². The summed E-state index contributed by atoms with van der Waals surface area (Å²) in [6.45, 7) is 3.77. The van der Waals surface area contributed by atoms with Gasteiger partial charge in [0.25, 0.3) is 5.91 Å². The molecule has 2 aromatic rings. The van der Waals surface area contributed by atoms with Crippen LogP contribution in [0.15, 0.2) is 10.7 Å². The van der Waals surface area contributed by atoms with Crippen molar-refractivity contribution in [2.75, 3.05) is 6.61 Å². The molecule has 1 amide bonds. The zero-order valence-corrected chi connectivity index (χ0v) is 13.7. The molecule has 23 heavy (non-hydrogen) atoms. The summed E-state index contributed by atoms with van der Waals surface area (Å²) in [6.07, 6.45) is 8.41. The molecule has 0 aromatic carbocycles. The van der Waals surface area contributed by atoms with Gasteiger partial charge < -0.3 is 14.5 Å². The summed E-state index contributed by atoms with van der Waals surface area (Å²) in [5, 5.41) is 3.81. The fraction of sp³-hybridized carbons (Fsp3) is 0.588. The molecule has 0 unspecified atom stereocenters. The molecule has 0 radical (unpaired) electrons. The monoisotopic (exact) mass is 317 g/mol. The van der Waals surface area contributed by atoms with Gasteiger partial charge in [0.05, 0.1) is 0 Å². The minimum atomic E-state index is -0.0958. The fourth-order valence-electron chi connectivity index (χ4n) is 3.09. The van der Waals surface area contributed by atoms with Crippen molar-refractivity contribution in [1.82, 2.24) is 15.3 Å². The zero-order chi connectivity index (χ0) is 16.2. The Morgan fingerprint density at radius 1 is 1.26 bits per heavy atom. The van der Waals surface area contributed by atoms with E-state index < -0.39 is 0 Å². The van der Waals surface area contributed by atoms with E-state index in [1.165, 1.54) is 32.0 Å². The third-order valence-corrected chi connectivity index (χ3v) is 4.49. The predicted molar refractivity (Wildman–Crippen MR) is 86.4 cm³/mol. The number of rotatable bonds is 4. The Labute approximate surface area is 135 Å². The smallest absolute Gasteiger partial charge is 0.258 e. The Morgan fingerprint density at radius 3 is 2.74 bits per heavy atom. The van der Waals surface area contributed by atoms with Gasteiger partial charge >= 0.3 is 0 Å². The van der Waals surface area contributed by atoms with Crippen LogP contribution in [0.4, 0.5) is 0 Å². The Bertz CT molecular complexity index is 688. The topological polar surface area (TPSA) is 77.2 Å². The molecule has 1 fully saturated rings. The van der Waals surface area contributed by atoms with E-state index in [1.54, 1.807) is 0 Å². The van der Waals surface area contributed by atoms with Crippen LogP contribution in [0.25, 0.3) is 11.1 Å². The van der Waals surface area contributed by atoms with Crippen LogP contribution >= 0.6 is 0 Å². The molecule has 124 valence electrons. The van der Waals surface area contributed by atoms with Crippen molar-refractivity contribution < 1.29 is 13.9 Å². The van der Waals surface area contributed by atoms with Gasteiger partial charge in [-0.05, 0) is 26.7 Å². The first-order chi connectivity index (χ1) is 11.1. The maximum absolute atomic E-state index is 12.1. The highest BCUT2D eigenvalue weighted by Crippen LogP contribution is 2.29. The summed E-state index contributed by atoms with van der Waals surface area (Å²) in [5.41, 5.74) is 1.44. The van der Waals surface area contributed by atoms with Crippen molar-refractivity contribution in [3.05, 3.63) is 17.7 Å². The first-order valence-corrected chi connectivity index (χ1v) is 8.28. The third-order valence-electron chi connectivity index (χ3n) is 4.49. The van der Waals surface area contributed by atoms with Gasteiger partial charge in [-0.3, -0.25) is 4.79 Å². The number of furan rings is 1. The maximum Gasteiger partial charge on any atom is 0.258 e. The Kier molecular flexibility index (Phi) is 4.79. The molecule has 1 aliphatic carbocycles. The summed E-state index contributed by atoms with van der Waals surface area (Å²) in [4.78, 5) is 20.4. The molecule has 3 rings (SSSR count). The molecular formula is C17H23N3O3. The molecular weight excluding hydrogens is 294 g/mol. The minimum absolute atomic E-state index is 0.0354. The summed E-state index contributed by atoms with van der Waals surface area (Å²) in [5.74, 6) is 1.09. The normalized spacial score (nSPS) is 16.3. The van der Waals surface area contributed by atoms with Gasteiger partial charge in [0.15, 0.2) is 6.61 Å². The lowest BCUT2D eigenvalue weighted by molar-refractivity contribution is -0.123. The zero-order valence-electron chi connectivity index (χ0n) is 13.7. The van der Waals surface area contributed by atoms with Gasteiger partial charge in [-0.15, -0.1) is 0 Å². The maximum atomic E-state index is 12.1. The second-order valence-corrected chi connectivity index (χ2v) is 6.19. The summed E-state index contributed by atoms with van der Waals surface area (Å²) >= 11 is 0. The molecule has 2 heterocycles. The molecule has 1 N–H and O–H groups in total. The van der Waals surface area contributed by atoms with E-state index >= 15 is 0 Å². The van der Waals surface area contributed by atoms with Crippen LogP contribution in [0.2, 0.25) is 0 Å². The van der Waals surface area contributed by atoms with Gasteiger partial charge in [-0.2, -0.15) is 0 Å². The van der Waals surface area contributed by atoms with Crippen molar-refractivity contribution in [2.45, 2.75) is 58.4 Å². The largest absolute Gasteiger partial charge is 0.467 e. The van der Waals surface area contributed by atoms with E-state index in [2.05, 4.69) is 15.3 Å². The summed E-state index contributed by atoms with van der Waals surface area (Å²) in [6, 6.07) is 0.275. The molecule has 6 nitrogen and oxygen atoms in total. The van der Waals surface area contributed by atoms with Crippen LogP contribution < -0.4 is 10.1 Å². The first-order valence-electron chi connectivity index (χ1n) is 8.28. The van der Waals surface area contributed by atoms with E-state index in [9.17, 15) is 4.79 Å². The first kappa shape index (κ1) is 15.8. The number of hydrogen-bond acceptors (Lipinski definition) is 5. The quantitative estimate of drug-likeness (QED) is 0.877. The highest BCUT2D eigenvalue weighted by atomic mass is 16.5. The number of ether oxygens (including phenoxy) is 1. The van der Waals surface area contributed by atoms with Gasteiger partial charge in [-0.1, -0.05) is 25.7 Å². The minimum Gasteiger partial charge on any atom is -0.467 e. The number of fused-ring (bicyclic) bond motifs is 1. The van der Waals surface area contributed by atoms with Crippen LogP contribution in [0.5, 0.6) is 5.88 Å². The number of hydrogen-bond donors (Lipinski definition) is 1. The van der Waals surface area contributed by atoms with Crippen LogP contribution in [0.1, 0.15) is 49.8 Å². The number of carbonyl (C=O) groups is 1. The molecule has 0 bridgehead atoms. The number of carbonyl (C=O) groups excluding carboxylic acids is 1. The van der Waals surface area contributed by atoms with Gasteiger partial charge in [0.1, 0.15) is 17.5 Å². The van der Waals surface area contributed by atoms with Crippen LogP contribution in [0, 0.1) is 13.8 Å². The van der Waals surface area contributed by atoms with E-state index in [4.69, 9.17) is 9.15 Å². The van der Waals surface area contributed by atoms with Crippen LogP contribution in [0.3, 0.4) is 0 Å². The average Bonchev–Trinajstić information content (AvgIpc) is 2.71. The van der Waals surface area contributed by atoms with Gasteiger partial charge in [0.2, 0.25) is 11.6 Å². The van der Waals surface area contributed by atoms with E-state index in [0.29, 0.717) is 11.6 Å². The lowest BCUT2D eigenvalue weighted by Gasteiger charge is -2.16. The lowest BCUT2D eigenvalue weighted by atomic mass is 10.1. The van der Waals surface area contributed by atoms with Crippen molar-refractivity contribution in [1.29, 1.82) is 0 Å². The third kappa shape index (κ3) is 3.63. The summed E-state index contributed by atoms with van der Waals surface area (Å²) < 4.78 is 11.2. The van der Waals surface area contributed by atoms with Gasteiger partial charge in [-0.25, -0.2) is 9.97 Å². The molecule has 0 aliphatic heterocycles. The van der Waals surface area contributed by atoms with Crippen molar-refractivity contribution in [3.8, 4) is 5.88 Å². The van der Waals surface area contributed by atoms with Crippen LogP contribution in [-0.4, -0.2) is 28.5 Å². The lowest BCUT2D eigenvalue weighted by Crippen LogP contribution is -2.37. The fourth-order valence-corrected chi connectivity index (χ4v) is 3.09. The second-order valence-electron chi connectivity index (χ2n) is 6.19. The molecule has 1 saturated carbocycles. The number of aromatic nitrogens is 2. The Hall–Kier alpha value is -2.11.